The van der Waals surface area contributed by atoms with Gasteiger partial charge < -0.3 is 5.32 Å². The van der Waals surface area contributed by atoms with E-state index >= 15 is 0 Å². The van der Waals surface area contributed by atoms with E-state index in [1.807, 2.05) is 0 Å². The first-order valence-electron chi connectivity index (χ1n) is 4.23. The minimum Gasteiger partial charge on any atom is -0.326 e. The van der Waals surface area contributed by atoms with Crippen LogP contribution in [0.2, 0.25) is 5.02 Å². The Balaban J connectivity index is 2.69. The summed E-state index contributed by atoms with van der Waals surface area (Å²) in [6, 6.07) is 3.89. The molecule has 1 amide bonds. The predicted octanol–water partition coefficient (Wildman–Crippen LogP) is 2.40. The zero-order valence-corrected chi connectivity index (χ0v) is 8.77. The van der Waals surface area contributed by atoms with Crippen molar-refractivity contribution in [1.82, 2.24) is 0 Å². The van der Waals surface area contributed by atoms with E-state index in [2.05, 4.69) is 5.32 Å². The minimum atomic E-state index is -0.614. The summed E-state index contributed by atoms with van der Waals surface area (Å²) in [5.41, 5.74) is 0.281. The number of hydrogen-bond donors (Lipinski definition) is 1. The largest absolute Gasteiger partial charge is 0.326 e. The van der Waals surface area contributed by atoms with Crippen molar-refractivity contribution in [2.45, 2.75) is 13.3 Å². The van der Waals surface area contributed by atoms with Crippen molar-refractivity contribution in [2.24, 2.45) is 0 Å². The molecule has 1 N–H and O–H groups in total. The van der Waals surface area contributed by atoms with Crippen LogP contribution in [0.3, 0.4) is 0 Å². The highest BCUT2D eigenvalue weighted by atomic mass is 35.5. The molecule has 0 aliphatic carbocycles. The topological polar surface area (TPSA) is 46.2 Å². The summed E-state index contributed by atoms with van der Waals surface area (Å²) in [4.78, 5) is 21.7. The summed E-state index contributed by atoms with van der Waals surface area (Å²) in [7, 11) is 0. The molecule has 1 rings (SSSR count). The Kier molecular flexibility index (Phi) is 3.80. The number of benzene rings is 1. The van der Waals surface area contributed by atoms with E-state index in [1.54, 1.807) is 0 Å². The van der Waals surface area contributed by atoms with Gasteiger partial charge in [-0.25, -0.2) is 4.39 Å². The Morgan fingerprint density at radius 1 is 1.47 bits per heavy atom. The van der Waals surface area contributed by atoms with Gasteiger partial charge in [0.1, 0.15) is 11.6 Å². The van der Waals surface area contributed by atoms with Gasteiger partial charge in [-0.05, 0) is 25.1 Å². The van der Waals surface area contributed by atoms with Crippen molar-refractivity contribution in [3.8, 4) is 0 Å². The fraction of sp³-hybridized carbons (Fsp3) is 0.200. The molecule has 0 bridgehead atoms. The second-order valence-corrected chi connectivity index (χ2v) is 3.46. The first-order chi connectivity index (χ1) is 6.99. The number of halogens is 2. The van der Waals surface area contributed by atoms with Gasteiger partial charge in [-0.1, -0.05) is 11.6 Å². The van der Waals surface area contributed by atoms with Crippen LogP contribution in [0.15, 0.2) is 18.2 Å². The van der Waals surface area contributed by atoms with Gasteiger partial charge >= 0.3 is 0 Å². The molecule has 0 heterocycles. The smallest absolute Gasteiger partial charge is 0.231 e. The highest BCUT2D eigenvalue weighted by Gasteiger charge is 2.07. The molecule has 0 radical (unpaired) electrons. The van der Waals surface area contributed by atoms with Crippen LogP contribution in [0, 0.1) is 5.82 Å². The number of amides is 1. The summed E-state index contributed by atoms with van der Waals surface area (Å²) in [6.07, 6.45) is -0.218. The number of rotatable bonds is 3. The molecule has 0 saturated heterocycles. The number of hydrogen-bond acceptors (Lipinski definition) is 2. The SMILES string of the molecule is CC(=O)CC(=O)Nc1ccc(Cl)c(F)c1. The Labute approximate surface area is 91.2 Å². The maximum atomic E-state index is 12.9. The van der Waals surface area contributed by atoms with Crippen LogP contribution in [0.5, 0.6) is 0 Å². The van der Waals surface area contributed by atoms with E-state index in [4.69, 9.17) is 11.6 Å². The maximum Gasteiger partial charge on any atom is 0.231 e. The number of anilines is 1. The van der Waals surface area contributed by atoms with Crippen LogP contribution in [0.4, 0.5) is 10.1 Å². The molecule has 5 heteroatoms. The zero-order valence-electron chi connectivity index (χ0n) is 8.01. The normalized spacial score (nSPS) is 9.80. The van der Waals surface area contributed by atoms with E-state index in [9.17, 15) is 14.0 Å². The van der Waals surface area contributed by atoms with E-state index in [1.165, 1.54) is 19.1 Å². The van der Waals surface area contributed by atoms with Crippen molar-refractivity contribution in [3.63, 3.8) is 0 Å². The van der Waals surface area contributed by atoms with Gasteiger partial charge in [0.15, 0.2) is 0 Å². The first-order valence-corrected chi connectivity index (χ1v) is 4.61. The Morgan fingerprint density at radius 3 is 2.67 bits per heavy atom. The summed E-state index contributed by atoms with van der Waals surface area (Å²) >= 11 is 5.46. The Morgan fingerprint density at radius 2 is 2.13 bits per heavy atom. The first kappa shape index (κ1) is 11.7. The average molecular weight is 230 g/mol. The third-order valence-electron chi connectivity index (χ3n) is 1.61. The van der Waals surface area contributed by atoms with Gasteiger partial charge in [0, 0.05) is 5.69 Å². The average Bonchev–Trinajstić information content (AvgIpc) is 2.10. The Hall–Kier alpha value is -1.42. The molecule has 0 fully saturated rings. The van der Waals surface area contributed by atoms with Gasteiger partial charge in [0.2, 0.25) is 5.91 Å². The quantitative estimate of drug-likeness (QED) is 0.809. The monoisotopic (exact) mass is 229 g/mol. The van der Waals surface area contributed by atoms with Gasteiger partial charge in [0.25, 0.3) is 0 Å². The Bertz CT molecular complexity index is 406. The highest BCUT2D eigenvalue weighted by molar-refractivity contribution is 6.30. The molecular formula is C10H9ClFNO2. The molecule has 0 aliphatic rings. The van der Waals surface area contributed by atoms with Crippen LogP contribution in [0.1, 0.15) is 13.3 Å². The molecule has 0 atom stereocenters. The molecule has 1 aromatic carbocycles. The van der Waals surface area contributed by atoms with E-state index < -0.39 is 11.7 Å². The second kappa shape index (κ2) is 4.89. The molecular weight excluding hydrogens is 221 g/mol. The van der Waals surface area contributed by atoms with Gasteiger partial charge in [0.05, 0.1) is 11.4 Å². The van der Waals surface area contributed by atoms with Crippen molar-refractivity contribution in [2.75, 3.05) is 5.32 Å². The highest BCUT2D eigenvalue weighted by Crippen LogP contribution is 2.18. The molecule has 80 valence electrons. The second-order valence-electron chi connectivity index (χ2n) is 3.06. The summed E-state index contributed by atoms with van der Waals surface area (Å²) in [6.45, 7) is 1.31. The van der Waals surface area contributed by atoms with E-state index in [-0.39, 0.29) is 22.9 Å². The lowest BCUT2D eigenvalue weighted by Crippen LogP contribution is -2.14. The predicted molar refractivity (Wildman–Crippen MR) is 55.3 cm³/mol. The van der Waals surface area contributed by atoms with Crippen molar-refractivity contribution < 1.29 is 14.0 Å². The van der Waals surface area contributed by atoms with Crippen LogP contribution in [-0.4, -0.2) is 11.7 Å². The molecule has 1 aromatic rings. The number of nitrogens with one attached hydrogen (secondary N) is 1. The van der Waals surface area contributed by atoms with Crippen LogP contribution < -0.4 is 5.32 Å². The minimum absolute atomic E-state index is 0.0143. The van der Waals surface area contributed by atoms with Gasteiger partial charge in [-0.2, -0.15) is 0 Å². The molecule has 3 nitrogen and oxygen atoms in total. The van der Waals surface area contributed by atoms with Gasteiger partial charge in [-0.3, -0.25) is 9.59 Å². The summed E-state index contributed by atoms with van der Waals surface area (Å²) in [5, 5.41) is 2.37. The third-order valence-corrected chi connectivity index (χ3v) is 1.92. The van der Waals surface area contributed by atoms with Crippen LogP contribution >= 0.6 is 11.6 Å². The third kappa shape index (κ3) is 3.67. The molecule has 15 heavy (non-hydrogen) atoms. The maximum absolute atomic E-state index is 12.9. The summed E-state index contributed by atoms with van der Waals surface area (Å²) in [5.74, 6) is -1.33. The molecule has 0 spiro atoms. The fourth-order valence-corrected chi connectivity index (χ4v) is 1.12. The lowest BCUT2D eigenvalue weighted by atomic mass is 10.2. The fourth-order valence-electron chi connectivity index (χ4n) is 1.01. The zero-order chi connectivity index (χ0) is 11.4. The van der Waals surface area contributed by atoms with Crippen LogP contribution in [-0.2, 0) is 9.59 Å². The van der Waals surface area contributed by atoms with Crippen molar-refractivity contribution in [1.29, 1.82) is 0 Å². The lowest BCUT2D eigenvalue weighted by Gasteiger charge is -2.04. The lowest BCUT2D eigenvalue weighted by molar-refractivity contribution is -0.124. The molecule has 0 aliphatic heterocycles. The molecule has 0 unspecified atom stereocenters. The number of Topliss-reactive ketones (excluding diaryl/α,β-unsaturated/α-hetero) is 1. The van der Waals surface area contributed by atoms with Crippen molar-refractivity contribution >= 4 is 29.0 Å². The van der Waals surface area contributed by atoms with Gasteiger partial charge in [-0.15, -0.1) is 0 Å². The standard InChI is InChI=1S/C10H9ClFNO2/c1-6(14)4-10(15)13-7-2-3-8(11)9(12)5-7/h2-3,5H,4H2,1H3,(H,13,15). The molecule has 0 aromatic heterocycles. The number of carbonyl (C=O) groups excluding carboxylic acids is 2. The van der Waals surface area contributed by atoms with Crippen molar-refractivity contribution in [3.05, 3.63) is 29.0 Å². The number of ketones is 1. The van der Waals surface area contributed by atoms with E-state index in [0.29, 0.717) is 0 Å². The van der Waals surface area contributed by atoms with E-state index in [0.717, 1.165) is 6.07 Å². The van der Waals surface area contributed by atoms with Crippen LogP contribution in [0.25, 0.3) is 0 Å². The number of carbonyl (C=O) groups is 2. The molecule has 0 saturated carbocycles. The summed E-state index contributed by atoms with van der Waals surface area (Å²) < 4.78 is 12.9.